The lowest BCUT2D eigenvalue weighted by Crippen LogP contribution is -2.33. The Bertz CT molecular complexity index is 709. The molecule has 0 spiro atoms. The number of nitrogens with zero attached hydrogens (tertiary/aromatic N) is 2. The molecule has 3 rings (SSSR count). The van der Waals surface area contributed by atoms with Gasteiger partial charge in [0.25, 0.3) is 5.91 Å². The van der Waals surface area contributed by atoms with E-state index in [0.717, 1.165) is 42.9 Å². The first kappa shape index (κ1) is 16.7. The Kier molecular flexibility index (Phi) is 5.00. The van der Waals surface area contributed by atoms with E-state index in [9.17, 15) is 9.90 Å². The normalized spacial score (nSPS) is 20.8. The molecular weight excluding hydrogens is 302 g/mol. The Hall–Kier alpha value is -2.14. The number of nitrogens with one attached hydrogen (secondary N) is 1. The number of carbonyl (C=O) groups is 1. The molecule has 0 saturated heterocycles. The summed E-state index contributed by atoms with van der Waals surface area (Å²) < 4.78 is 2.00. The molecule has 2 N–H and O–H groups in total. The largest absolute Gasteiger partial charge is 0.393 e. The van der Waals surface area contributed by atoms with Crippen LogP contribution < -0.4 is 5.32 Å². The standard InChI is InChI=1S/C19H25N3O2/c1-13-10-17(14(2)22(13)18-8-3-4-9-20-18)19(24)21-12-15-6-5-7-16(23)11-15/h3-4,8-10,15-16,23H,5-7,11-12H2,1-2H3,(H,21,24). The third-order valence-corrected chi connectivity index (χ3v) is 4.86. The van der Waals surface area contributed by atoms with Gasteiger partial charge in [-0.25, -0.2) is 4.98 Å². The number of pyridine rings is 1. The zero-order valence-electron chi connectivity index (χ0n) is 14.3. The van der Waals surface area contributed by atoms with Crippen LogP contribution in [0.3, 0.4) is 0 Å². The summed E-state index contributed by atoms with van der Waals surface area (Å²) in [4.78, 5) is 17.0. The molecule has 1 saturated carbocycles. The van der Waals surface area contributed by atoms with Crippen LogP contribution in [0.4, 0.5) is 0 Å². The van der Waals surface area contributed by atoms with E-state index in [0.29, 0.717) is 18.0 Å². The number of aliphatic hydroxyl groups excluding tert-OH is 1. The van der Waals surface area contributed by atoms with E-state index in [2.05, 4.69) is 10.3 Å². The van der Waals surface area contributed by atoms with Gasteiger partial charge in [0, 0.05) is 24.1 Å². The minimum atomic E-state index is -0.213. The molecule has 2 aromatic rings. The van der Waals surface area contributed by atoms with E-state index in [-0.39, 0.29) is 12.0 Å². The van der Waals surface area contributed by atoms with Crippen molar-refractivity contribution in [2.45, 2.75) is 45.6 Å². The van der Waals surface area contributed by atoms with Gasteiger partial charge in [-0.2, -0.15) is 0 Å². The number of aliphatic hydroxyl groups is 1. The van der Waals surface area contributed by atoms with Gasteiger partial charge < -0.3 is 15.0 Å². The van der Waals surface area contributed by atoms with Crippen molar-refractivity contribution in [3.8, 4) is 5.82 Å². The molecule has 5 nitrogen and oxygen atoms in total. The molecule has 0 aromatic carbocycles. The lowest BCUT2D eigenvalue weighted by atomic mass is 9.87. The second-order valence-electron chi connectivity index (χ2n) is 6.70. The molecule has 1 fully saturated rings. The molecule has 1 amide bonds. The predicted molar refractivity (Wildman–Crippen MR) is 93.3 cm³/mol. The summed E-state index contributed by atoms with van der Waals surface area (Å²) in [6, 6.07) is 7.67. The van der Waals surface area contributed by atoms with Gasteiger partial charge in [0.1, 0.15) is 5.82 Å². The van der Waals surface area contributed by atoms with Crippen molar-refractivity contribution in [3.05, 3.63) is 47.4 Å². The van der Waals surface area contributed by atoms with Crippen LogP contribution in [0.25, 0.3) is 5.82 Å². The minimum absolute atomic E-state index is 0.0506. The number of aromatic nitrogens is 2. The van der Waals surface area contributed by atoms with Crippen molar-refractivity contribution in [2.24, 2.45) is 5.92 Å². The quantitative estimate of drug-likeness (QED) is 0.907. The van der Waals surface area contributed by atoms with Crippen LogP contribution in [0.15, 0.2) is 30.5 Å². The number of aryl methyl sites for hydroxylation is 1. The summed E-state index contributed by atoms with van der Waals surface area (Å²) in [5, 5.41) is 12.8. The fourth-order valence-corrected chi connectivity index (χ4v) is 3.61. The molecule has 1 aliphatic rings. The molecule has 2 atom stereocenters. The second-order valence-corrected chi connectivity index (χ2v) is 6.70. The van der Waals surface area contributed by atoms with Gasteiger partial charge in [-0.05, 0) is 57.2 Å². The highest BCUT2D eigenvalue weighted by Gasteiger charge is 2.22. The van der Waals surface area contributed by atoms with Crippen molar-refractivity contribution in [3.63, 3.8) is 0 Å². The van der Waals surface area contributed by atoms with E-state index in [1.54, 1.807) is 6.20 Å². The molecule has 2 unspecified atom stereocenters. The maximum atomic E-state index is 12.6. The van der Waals surface area contributed by atoms with E-state index < -0.39 is 0 Å². The maximum Gasteiger partial charge on any atom is 0.253 e. The Morgan fingerprint density at radius 1 is 1.38 bits per heavy atom. The Morgan fingerprint density at radius 3 is 2.92 bits per heavy atom. The lowest BCUT2D eigenvalue weighted by Gasteiger charge is -2.25. The fourth-order valence-electron chi connectivity index (χ4n) is 3.61. The van der Waals surface area contributed by atoms with Crippen molar-refractivity contribution >= 4 is 5.91 Å². The summed E-state index contributed by atoms with van der Waals surface area (Å²) in [6.45, 7) is 4.56. The topological polar surface area (TPSA) is 67.2 Å². The third kappa shape index (κ3) is 3.51. The first-order valence-corrected chi connectivity index (χ1v) is 8.63. The molecule has 0 radical (unpaired) electrons. The van der Waals surface area contributed by atoms with Crippen molar-refractivity contribution in [2.75, 3.05) is 6.54 Å². The summed E-state index contributed by atoms with van der Waals surface area (Å²) >= 11 is 0. The van der Waals surface area contributed by atoms with E-state index in [1.807, 2.05) is 42.7 Å². The van der Waals surface area contributed by atoms with E-state index in [1.165, 1.54) is 0 Å². The number of carbonyl (C=O) groups excluding carboxylic acids is 1. The van der Waals surface area contributed by atoms with Crippen LogP contribution in [0, 0.1) is 19.8 Å². The van der Waals surface area contributed by atoms with Crippen LogP contribution in [-0.2, 0) is 0 Å². The average Bonchev–Trinajstić information content (AvgIpc) is 2.88. The Labute approximate surface area is 142 Å². The van der Waals surface area contributed by atoms with Crippen LogP contribution in [0.1, 0.15) is 47.4 Å². The zero-order chi connectivity index (χ0) is 17.1. The van der Waals surface area contributed by atoms with Crippen molar-refractivity contribution in [1.29, 1.82) is 0 Å². The number of rotatable bonds is 4. The summed E-state index contributed by atoms with van der Waals surface area (Å²) in [7, 11) is 0. The monoisotopic (exact) mass is 327 g/mol. The fraction of sp³-hybridized carbons (Fsp3) is 0.474. The van der Waals surface area contributed by atoms with Gasteiger partial charge in [-0.3, -0.25) is 4.79 Å². The average molecular weight is 327 g/mol. The van der Waals surface area contributed by atoms with Crippen LogP contribution in [0.5, 0.6) is 0 Å². The maximum absolute atomic E-state index is 12.6. The van der Waals surface area contributed by atoms with Gasteiger partial charge in [-0.1, -0.05) is 12.5 Å². The number of amides is 1. The van der Waals surface area contributed by atoms with Gasteiger partial charge in [0.15, 0.2) is 0 Å². The highest BCUT2D eigenvalue weighted by Crippen LogP contribution is 2.24. The molecular formula is C19H25N3O2. The first-order valence-electron chi connectivity index (χ1n) is 8.63. The van der Waals surface area contributed by atoms with Crippen molar-refractivity contribution < 1.29 is 9.90 Å². The molecule has 2 aromatic heterocycles. The first-order chi connectivity index (χ1) is 11.6. The lowest BCUT2D eigenvalue weighted by molar-refractivity contribution is 0.0873. The molecule has 128 valence electrons. The molecule has 0 aliphatic heterocycles. The van der Waals surface area contributed by atoms with Gasteiger partial charge in [0.05, 0.1) is 11.7 Å². The third-order valence-electron chi connectivity index (χ3n) is 4.86. The van der Waals surface area contributed by atoms with Crippen LogP contribution in [-0.4, -0.2) is 33.2 Å². The second kappa shape index (κ2) is 7.18. The van der Waals surface area contributed by atoms with E-state index in [4.69, 9.17) is 0 Å². The molecule has 1 aliphatic carbocycles. The molecule has 2 heterocycles. The van der Waals surface area contributed by atoms with Crippen LogP contribution in [0.2, 0.25) is 0 Å². The van der Waals surface area contributed by atoms with Gasteiger partial charge >= 0.3 is 0 Å². The van der Waals surface area contributed by atoms with E-state index >= 15 is 0 Å². The zero-order valence-corrected chi connectivity index (χ0v) is 14.3. The Balaban J connectivity index is 1.72. The number of hydrogen-bond donors (Lipinski definition) is 2. The summed E-state index contributed by atoms with van der Waals surface area (Å²) in [6.07, 6.45) is 5.32. The minimum Gasteiger partial charge on any atom is -0.393 e. The number of hydrogen-bond acceptors (Lipinski definition) is 3. The predicted octanol–water partition coefficient (Wildman–Crippen LogP) is 2.77. The highest BCUT2D eigenvalue weighted by molar-refractivity contribution is 5.95. The SMILES string of the molecule is Cc1cc(C(=O)NCC2CCCC(O)C2)c(C)n1-c1ccccn1. The van der Waals surface area contributed by atoms with Crippen molar-refractivity contribution in [1.82, 2.24) is 14.9 Å². The highest BCUT2D eigenvalue weighted by atomic mass is 16.3. The molecule has 0 bridgehead atoms. The summed E-state index contributed by atoms with van der Waals surface area (Å²) in [5.41, 5.74) is 2.58. The smallest absolute Gasteiger partial charge is 0.253 e. The summed E-state index contributed by atoms with van der Waals surface area (Å²) in [5.74, 6) is 1.14. The molecule has 24 heavy (non-hydrogen) atoms. The molecule has 5 heteroatoms. The Morgan fingerprint density at radius 2 is 2.21 bits per heavy atom. The van der Waals surface area contributed by atoms with Gasteiger partial charge in [-0.15, -0.1) is 0 Å². The van der Waals surface area contributed by atoms with Crippen LogP contribution >= 0.6 is 0 Å². The van der Waals surface area contributed by atoms with Gasteiger partial charge in [0.2, 0.25) is 0 Å².